The van der Waals surface area contributed by atoms with Crippen molar-refractivity contribution in [1.82, 2.24) is 5.73 Å². The summed E-state index contributed by atoms with van der Waals surface area (Å²) in [6.07, 6.45) is 0.393. The van der Waals surface area contributed by atoms with Gasteiger partial charge >= 0.3 is 0 Å². The smallest absolute Gasteiger partial charge is 0.152 e. The maximum absolute atomic E-state index is 10.8. The van der Waals surface area contributed by atoms with Crippen LogP contribution in [0.5, 0.6) is 0 Å². The molecule has 11 heavy (non-hydrogen) atoms. The van der Waals surface area contributed by atoms with E-state index in [1.807, 2.05) is 30.3 Å². The van der Waals surface area contributed by atoms with E-state index in [-0.39, 0.29) is 12.3 Å². The predicted molar refractivity (Wildman–Crippen MR) is 43.1 cm³/mol. The minimum absolute atomic E-state index is 0.0313. The first-order valence-corrected chi connectivity index (χ1v) is 3.53. The second-order valence-electron chi connectivity index (χ2n) is 2.38. The summed E-state index contributed by atoms with van der Waals surface area (Å²) in [6.45, 7) is -0.116. The number of hydrogen-bond donors (Lipinski definition) is 0. The largest absolute Gasteiger partial charge is 0.298 e. The number of carbonyl (C=O) groups excluding carboxylic acids is 1. The van der Waals surface area contributed by atoms with Crippen LogP contribution in [0.4, 0.5) is 0 Å². The maximum Gasteiger partial charge on any atom is 0.152 e. The first-order chi connectivity index (χ1) is 5.33. The summed E-state index contributed by atoms with van der Waals surface area (Å²) in [7, 11) is 0. The highest BCUT2D eigenvalue weighted by Gasteiger charge is 1.98. The Kier molecular flexibility index (Phi) is 2.81. The Labute approximate surface area is 66.0 Å². The van der Waals surface area contributed by atoms with Gasteiger partial charge in [0.2, 0.25) is 0 Å². The van der Waals surface area contributed by atoms with Crippen molar-refractivity contribution in [3.05, 3.63) is 35.9 Å². The Balaban J connectivity index is 2.58. The maximum atomic E-state index is 10.8. The van der Waals surface area contributed by atoms with E-state index in [1.165, 1.54) is 0 Å². The summed E-state index contributed by atoms with van der Waals surface area (Å²) in [5, 5.41) is 0. The monoisotopic (exact) mass is 148 g/mol. The molecule has 1 radical (unpaired) electrons. The third kappa shape index (κ3) is 2.51. The molecule has 2 nitrogen and oxygen atoms in total. The molecule has 0 atom stereocenters. The normalized spacial score (nSPS) is 9.55. The third-order valence-electron chi connectivity index (χ3n) is 1.44. The predicted octanol–water partition coefficient (Wildman–Crippen LogP) is 1.08. The molecule has 0 amide bonds. The van der Waals surface area contributed by atoms with Gasteiger partial charge in [-0.2, -0.15) is 0 Å². The van der Waals surface area contributed by atoms with Crippen LogP contribution in [0.3, 0.4) is 0 Å². The van der Waals surface area contributed by atoms with Crippen molar-refractivity contribution in [1.29, 1.82) is 0 Å². The van der Waals surface area contributed by atoms with Crippen molar-refractivity contribution in [2.75, 3.05) is 6.54 Å². The highest BCUT2D eigenvalue weighted by molar-refractivity contribution is 5.82. The molecule has 0 heterocycles. The molecular weight excluding hydrogens is 138 g/mol. The topological polar surface area (TPSA) is 40.9 Å². The highest BCUT2D eigenvalue weighted by atomic mass is 16.1. The van der Waals surface area contributed by atoms with Crippen molar-refractivity contribution in [2.45, 2.75) is 6.42 Å². The lowest BCUT2D eigenvalue weighted by Gasteiger charge is -1.95. The van der Waals surface area contributed by atoms with E-state index in [1.54, 1.807) is 0 Å². The third-order valence-corrected chi connectivity index (χ3v) is 1.44. The second-order valence-corrected chi connectivity index (χ2v) is 2.38. The standard InChI is InChI=1S/C9H10NO/c10-7-9(11)6-8-4-2-1-3-5-8/h1-5,10H,6-7H2. The Morgan fingerprint density at radius 2 is 1.91 bits per heavy atom. The molecule has 0 aliphatic heterocycles. The van der Waals surface area contributed by atoms with E-state index >= 15 is 0 Å². The number of rotatable bonds is 3. The molecule has 0 aromatic heterocycles. The van der Waals surface area contributed by atoms with Crippen molar-refractivity contribution in [3.8, 4) is 0 Å². The number of nitrogens with one attached hydrogen (secondary N) is 1. The number of carbonyl (C=O) groups is 1. The van der Waals surface area contributed by atoms with Crippen molar-refractivity contribution >= 4 is 5.78 Å². The van der Waals surface area contributed by atoms with Gasteiger partial charge in [0.05, 0.1) is 6.54 Å². The summed E-state index contributed by atoms with van der Waals surface area (Å²) in [5.74, 6) is -0.0313. The van der Waals surface area contributed by atoms with Crippen LogP contribution >= 0.6 is 0 Å². The molecule has 57 valence electrons. The van der Waals surface area contributed by atoms with Gasteiger partial charge in [0.1, 0.15) is 0 Å². The number of benzene rings is 1. The van der Waals surface area contributed by atoms with E-state index in [4.69, 9.17) is 5.73 Å². The summed E-state index contributed by atoms with van der Waals surface area (Å²) in [5.41, 5.74) is 7.80. The van der Waals surface area contributed by atoms with E-state index in [9.17, 15) is 4.79 Å². The lowest BCUT2D eigenvalue weighted by molar-refractivity contribution is -0.117. The minimum atomic E-state index is -0.116. The molecule has 2 heteroatoms. The molecular formula is C9H10NO. The van der Waals surface area contributed by atoms with Gasteiger partial charge in [-0.1, -0.05) is 30.3 Å². The Hall–Kier alpha value is -1.15. The van der Waals surface area contributed by atoms with Crippen molar-refractivity contribution < 1.29 is 4.79 Å². The fourth-order valence-electron chi connectivity index (χ4n) is 0.886. The molecule has 0 saturated carbocycles. The zero-order chi connectivity index (χ0) is 8.10. The van der Waals surface area contributed by atoms with Crippen molar-refractivity contribution in [3.63, 3.8) is 0 Å². The van der Waals surface area contributed by atoms with E-state index in [0.29, 0.717) is 6.42 Å². The van der Waals surface area contributed by atoms with Crippen LogP contribution < -0.4 is 5.73 Å². The molecule has 0 bridgehead atoms. The quantitative estimate of drug-likeness (QED) is 0.632. The van der Waals surface area contributed by atoms with E-state index in [0.717, 1.165) is 5.56 Å². The van der Waals surface area contributed by atoms with Gasteiger partial charge in [-0.15, -0.1) is 0 Å². The highest BCUT2D eigenvalue weighted by Crippen LogP contribution is 1.99. The summed E-state index contributed by atoms with van der Waals surface area (Å²) < 4.78 is 0. The van der Waals surface area contributed by atoms with Crippen LogP contribution in [0.15, 0.2) is 30.3 Å². The molecule has 0 spiro atoms. The van der Waals surface area contributed by atoms with E-state index in [2.05, 4.69) is 0 Å². The first-order valence-electron chi connectivity index (χ1n) is 3.53. The second kappa shape index (κ2) is 3.88. The zero-order valence-electron chi connectivity index (χ0n) is 6.21. The average molecular weight is 148 g/mol. The van der Waals surface area contributed by atoms with Crippen LogP contribution in [-0.2, 0) is 11.2 Å². The van der Waals surface area contributed by atoms with Crippen LogP contribution in [0.2, 0.25) is 0 Å². The van der Waals surface area contributed by atoms with Crippen LogP contribution in [0.1, 0.15) is 5.56 Å². The lowest BCUT2D eigenvalue weighted by Crippen LogP contribution is -2.08. The average Bonchev–Trinajstić information content (AvgIpc) is 2.06. The molecule has 0 unspecified atom stereocenters. The number of ketones is 1. The van der Waals surface area contributed by atoms with Crippen LogP contribution in [-0.4, -0.2) is 12.3 Å². The summed E-state index contributed by atoms with van der Waals surface area (Å²) >= 11 is 0. The van der Waals surface area contributed by atoms with Gasteiger partial charge in [-0.05, 0) is 5.56 Å². The molecule has 1 aromatic rings. The number of Topliss-reactive ketones (excluding diaryl/α,β-unsaturated/α-hetero) is 1. The fourth-order valence-corrected chi connectivity index (χ4v) is 0.886. The van der Waals surface area contributed by atoms with Crippen LogP contribution in [0, 0.1) is 0 Å². The zero-order valence-corrected chi connectivity index (χ0v) is 6.21. The van der Waals surface area contributed by atoms with Crippen LogP contribution in [0.25, 0.3) is 0 Å². The SMILES string of the molecule is [NH]CC(=O)Cc1ccccc1. The number of hydrogen-bond acceptors (Lipinski definition) is 1. The van der Waals surface area contributed by atoms with Gasteiger partial charge in [0.25, 0.3) is 0 Å². The molecule has 1 rings (SSSR count). The Morgan fingerprint density at radius 1 is 1.27 bits per heavy atom. The molecule has 1 aromatic carbocycles. The fraction of sp³-hybridized carbons (Fsp3) is 0.222. The van der Waals surface area contributed by atoms with E-state index < -0.39 is 0 Å². The van der Waals surface area contributed by atoms with Gasteiger partial charge in [-0.25, -0.2) is 5.73 Å². The molecule has 0 fully saturated rings. The summed E-state index contributed by atoms with van der Waals surface area (Å²) in [4.78, 5) is 10.8. The van der Waals surface area contributed by atoms with Gasteiger partial charge in [-0.3, -0.25) is 4.79 Å². The Bertz CT molecular complexity index is 231. The summed E-state index contributed by atoms with van der Waals surface area (Å²) in [6, 6.07) is 9.49. The molecule has 0 saturated heterocycles. The van der Waals surface area contributed by atoms with Gasteiger partial charge in [0.15, 0.2) is 5.78 Å². The van der Waals surface area contributed by atoms with Crippen molar-refractivity contribution in [2.24, 2.45) is 0 Å². The minimum Gasteiger partial charge on any atom is -0.298 e. The van der Waals surface area contributed by atoms with Gasteiger partial charge < -0.3 is 0 Å². The molecule has 0 aliphatic carbocycles. The Morgan fingerprint density at radius 3 is 2.45 bits per heavy atom. The first kappa shape index (κ1) is 7.95. The molecule has 0 aliphatic rings. The lowest BCUT2D eigenvalue weighted by atomic mass is 10.1. The van der Waals surface area contributed by atoms with Gasteiger partial charge in [0, 0.05) is 6.42 Å². The molecule has 1 N–H and O–H groups in total.